The summed E-state index contributed by atoms with van der Waals surface area (Å²) in [4.78, 5) is 24.8. The quantitative estimate of drug-likeness (QED) is 0.333. The molecule has 0 aliphatic rings. The molecule has 0 saturated carbocycles. The van der Waals surface area contributed by atoms with Gasteiger partial charge in [-0.15, -0.1) is 0 Å². The Hall–Kier alpha value is -2.93. The molecule has 4 aromatic heterocycles. The summed E-state index contributed by atoms with van der Waals surface area (Å²) in [5.74, 6) is 0. The number of pyridine rings is 2. The lowest BCUT2D eigenvalue weighted by atomic mass is 10.2. The van der Waals surface area contributed by atoms with Crippen molar-refractivity contribution in [1.29, 1.82) is 0 Å². The first-order chi connectivity index (χ1) is 14.1. The zero-order chi connectivity index (χ0) is 20.2. The van der Waals surface area contributed by atoms with Crippen molar-refractivity contribution in [3.05, 3.63) is 82.5 Å². The van der Waals surface area contributed by atoms with Gasteiger partial charge >= 0.3 is 0 Å². The van der Waals surface area contributed by atoms with E-state index >= 15 is 0 Å². The van der Waals surface area contributed by atoms with Crippen LogP contribution in [0, 0.1) is 0 Å². The van der Waals surface area contributed by atoms with Gasteiger partial charge in [-0.25, -0.2) is 29.9 Å². The molecule has 5 aromatic rings. The molecule has 4 heterocycles. The minimum Gasteiger partial charge on any atom is -0.235 e. The highest BCUT2D eigenvalue weighted by atomic mass is 35.5. The third kappa shape index (κ3) is 4.40. The van der Waals surface area contributed by atoms with E-state index in [9.17, 15) is 0 Å². The molecule has 0 unspecified atom stereocenters. The minimum atomic E-state index is 0.183. The number of benzene rings is 1. The van der Waals surface area contributed by atoms with Crippen molar-refractivity contribution >= 4 is 57.1 Å². The molecule has 0 saturated heterocycles. The Labute approximate surface area is 180 Å². The van der Waals surface area contributed by atoms with Crippen molar-refractivity contribution in [3.8, 4) is 11.3 Å². The zero-order valence-electron chi connectivity index (χ0n) is 14.7. The van der Waals surface area contributed by atoms with Gasteiger partial charge in [-0.2, -0.15) is 0 Å². The Morgan fingerprint density at radius 3 is 1.72 bits per heavy atom. The maximum absolute atomic E-state index is 6.14. The van der Waals surface area contributed by atoms with Crippen molar-refractivity contribution in [1.82, 2.24) is 29.9 Å². The van der Waals surface area contributed by atoms with Crippen molar-refractivity contribution in [2.24, 2.45) is 0 Å². The first-order valence-corrected chi connectivity index (χ1v) is 9.52. The number of aromatic nitrogens is 6. The van der Waals surface area contributed by atoms with Crippen LogP contribution in [-0.2, 0) is 0 Å². The number of hydrogen-bond donors (Lipinski definition) is 0. The lowest BCUT2D eigenvalue weighted by Crippen LogP contribution is -1.92. The first kappa shape index (κ1) is 19.4. The first-order valence-electron chi connectivity index (χ1n) is 8.39. The van der Waals surface area contributed by atoms with Crippen molar-refractivity contribution in [2.45, 2.75) is 0 Å². The van der Waals surface area contributed by atoms with E-state index in [2.05, 4.69) is 29.9 Å². The van der Waals surface area contributed by atoms with Gasteiger partial charge in [0.25, 0.3) is 0 Å². The van der Waals surface area contributed by atoms with Gasteiger partial charge in [0, 0.05) is 18.0 Å². The monoisotopic (exact) mass is 440 g/mol. The molecule has 9 heteroatoms. The number of nitrogens with zero attached hydrogens (tertiary/aromatic N) is 6. The summed E-state index contributed by atoms with van der Waals surface area (Å²) in [6.45, 7) is 0. The SMILES string of the molecule is Clc1nc2cccnc2nc1-c1ccccc1.Clc1nc2cccnc2nc1Cl. The second-order valence-electron chi connectivity index (χ2n) is 5.73. The van der Waals surface area contributed by atoms with Crippen LogP contribution in [0.5, 0.6) is 0 Å². The Kier molecular flexibility index (Phi) is 5.76. The average Bonchev–Trinajstić information content (AvgIpc) is 2.75. The van der Waals surface area contributed by atoms with E-state index < -0.39 is 0 Å². The molecular weight excluding hydrogens is 431 g/mol. The van der Waals surface area contributed by atoms with E-state index in [-0.39, 0.29) is 10.3 Å². The van der Waals surface area contributed by atoms with E-state index in [0.717, 1.165) is 5.56 Å². The van der Waals surface area contributed by atoms with Gasteiger partial charge in [0.1, 0.15) is 16.7 Å². The second-order valence-corrected chi connectivity index (χ2v) is 6.80. The predicted molar refractivity (Wildman–Crippen MR) is 115 cm³/mol. The van der Waals surface area contributed by atoms with Crippen LogP contribution in [0.15, 0.2) is 67.0 Å². The maximum Gasteiger partial charge on any atom is 0.179 e. The summed E-state index contributed by atoms with van der Waals surface area (Å²) in [5.41, 5.74) is 4.07. The molecule has 5 rings (SSSR count). The van der Waals surface area contributed by atoms with Crippen LogP contribution in [0.1, 0.15) is 0 Å². The Balaban J connectivity index is 0.000000150. The van der Waals surface area contributed by atoms with E-state index in [0.29, 0.717) is 33.2 Å². The topological polar surface area (TPSA) is 77.3 Å². The number of fused-ring (bicyclic) bond motifs is 2. The number of hydrogen-bond acceptors (Lipinski definition) is 6. The summed E-state index contributed by atoms with van der Waals surface area (Å²) in [6.07, 6.45) is 3.32. The van der Waals surface area contributed by atoms with Gasteiger partial charge in [-0.05, 0) is 24.3 Å². The Morgan fingerprint density at radius 1 is 0.517 bits per heavy atom. The van der Waals surface area contributed by atoms with E-state index in [1.54, 1.807) is 24.5 Å². The van der Waals surface area contributed by atoms with Crippen LogP contribution in [0.3, 0.4) is 0 Å². The molecule has 0 fully saturated rings. The van der Waals surface area contributed by atoms with Crippen LogP contribution in [-0.4, -0.2) is 29.9 Å². The number of halogens is 3. The summed E-state index contributed by atoms with van der Waals surface area (Å²) in [5, 5.41) is 0.789. The van der Waals surface area contributed by atoms with E-state index in [1.165, 1.54) is 0 Å². The highest BCUT2D eigenvalue weighted by Crippen LogP contribution is 2.25. The van der Waals surface area contributed by atoms with E-state index in [4.69, 9.17) is 34.8 Å². The summed E-state index contributed by atoms with van der Waals surface area (Å²) < 4.78 is 0. The fraction of sp³-hybridized carbons (Fsp3) is 0. The van der Waals surface area contributed by atoms with Gasteiger partial charge in [-0.1, -0.05) is 65.1 Å². The summed E-state index contributed by atoms with van der Waals surface area (Å²) in [7, 11) is 0. The van der Waals surface area contributed by atoms with Crippen molar-refractivity contribution < 1.29 is 0 Å². The van der Waals surface area contributed by atoms with Crippen LogP contribution in [0.4, 0.5) is 0 Å². The third-order valence-electron chi connectivity index (χ3n) is 3.80. The molecule has 6 nitrogen and oxygen atoms in total. The van der Waals surface area contributed by atoms with Crippen molar-refractivity contribution in [3.63, 3.8) is 0 Å². The molecule has 29 heavy (non-hydrogen) atoms. The second kappa shape index (κ2) is 8.61. The zero-order valence-corrected chi connectivity index (χ0v) is 16.9. The third-order valence-corrected chi connectivity index (χ3v) is 4.69. The fourth-order valence-corrected chi connectivity index (χ4v) is 3.00. The highest BCUT2D eigenvalue weighted by molar-refractivity contribution is 6.40. The molecule has 0 bridgehead atoms. The maximum atomic E-state index is 6.14. The Bertz CT molecular complexity index is 1260. The predicted octanol–water partition coefficient (Wildman–Crippen LogP) is 5.68. The molecule has 0 aliphatic heterocycles. The molecule has 0 amide bonds. The molecular formula is C20H11Cl3N6. The fourth-order valence-electron chi connectivity index (χ4n) is 2.51. The molecule has 0 atom stereocenters. The lowest BCUT2D eigenvalue weighted by Gasteiger charge is -2.04. The number of rotatable bonds is 1. The van der Waals surface area contributed by atoms with E-state index in [1.807, 2.05) is 42.5 Å². The molecule has 0 N–H and O–H groups in total. The van der Waals surface area contributed by atoms with Gasteiger partial charge in [-0.3, -0.25) is 0 Å². The summed E-state index contributed by atoms with van der Waals surface area (Å²) >= 11 is 17.4. The van der Waals surface area contributed by atoms with Gasteiger partial charge in [0.05, 0.1) is 0 Å². The van der Waals surface area contributed by atoms with Gasteiger partial charge in [0.15, 0.2) is 26.8 Å². The lowest BCUT2D eigenvalue weighted by molar-refractivity contribution is 1.22. The normalized spacial score (nSPS) is 10.6. The van der Waals surface area contributed by atoms with Crippen LogP contribution >= 0.6 is 34.8 Å². The van der Waals surface area contributed by atoms with Crippen LogP contribution in [0.25, 0.3) is 33.6 Å². The largest absolute Gasteiger partial charge is 0.235 e. The highest BCUT2D eigenvalue weighted by Gasteiger charge is 2.09. The van der Waals surface area contributed by atoms with Crippen LogP contribution in [0.2, 0.25) is 15.5 Å². The molecule has 1 aromatic carbocycles. The summed E-state index contributed by atoms with van der Waals surface area (Å²) in [6, 6.07) is 16.9. The smallest absolute Gasteiger partial charge is 0.179 e. The average molecular weight is 442 g/mol. The van der Waals surface area contributed by atoms with Crippen molar-refractivity contribution in [2.75, 3.05) is 0 Å². The molecule has 142 valence electrons. The van der Waals surface area contributed by atoms with Gasteiger partial charge < -0.3 is 0 Å². The molecule has 0 spiro atoms. The minimum absolute atomic E-state index is 0.183. The van der Waals surface area contributed by atoms with Crippen LogP contribution < -0.4 is 0 Å². The molecule has 0 aliphatic carbocycles. The Morgan fingerprint density at radius 2 is 1.07 bits per heavy atom. The van der Waals surface area contributed by atoms with Gasteiger partial charge in [0.2, 0.25) is 0 Å². The molecule has 0 radical (unpaired) electrons. The standard InChI is InChI=1S/C13H8ClN3.C7H3Cl2N3/c14-12-11(9-5-2-1-3-6-9)17-13-10(16-12)7-4-8-15-13;8-5-6(9)12-7-4(11-5)2-1-3-10-7/h1-8H;1-3H.